The molecule has 0 aliphatic carbocycles. The first-order valence-electron chi connectivity index (χ1n) is 11.9. The molecule has 2 atom stereocenters. The Morgan fingerprint density at radius 2 is 1.80 bits per heavy atom. The van der Waals surface area contributed by atoms with Crippen molar-refractivity contribution in [3.8, 4) is 5.75 Å². The summed E-state index contributed by atoms with van der Waals surface area (Å²) in [5, 5.41) is 11.4. The molecule has 3 aromatic rings. The molecule has 6 nitrogen and oxygen atoms in total. The number of Topliss-reactive ketones (excluding diaryl/α,β-unsaturated/α-hetero) is 1. The minimum Gasteiger partial charge on any atom is -0.507 e. The van der Waals surface area contributed by atoms with E-state index in [1.165, 1.54) is 4.90 Å². The fourth-order valence-corrected chi connectivity index (χ4v) is 4.86. The molecule has 2 aliphatic heterocycles. The van der Waals surface area contributed by atoms with Crippen LogP contribution < -0.4 is 4.74 Å². The monoisotopic (exact) mass is 468 g/mol. The fraction of sp³-hybridized carbons (Fsp3) is 0.276. The number of carbonyl (C=O) groups excluding carboxylic acids is 2. The molecule has 0 bridgehead atoms. The summed E-state index contributed by atoms with van der Waals surface area (Å²) in [5.74, 6) is -0.337. The molecule has 178 valence electrons. The fourth-order valence-electron chi connectivity index (χ4n) is 4.86. The van der Waals surface area contributed by atoms with Crippen LogP contribution in [0.25, 0.3) is 5.76 Å². The number of hydrogen-bond acceptors (Lipinski definition) is 5. The first-order chi connectivity index (χ1) is 16.8. The van der Waals surface area contributed by atoms with Gasteiger partial charge in [-0.1, -0.05) is 38.1 Å². The number of fused-ring (bicyclic) bond motifs is 1. The number of amides is 1. The van der Waals surface area contributed by atoms with Gasteiger partial charge in [0.05, 0.1) is 11.6 Å². The molecular formula is C29H28N2O4. The van der Waals surface area contributed by atoms with Gasteiger partial charge in [-0.2, -0.15) is 0 Å². The van der Waals surface area contributed by atoms with Crippen LogP contribution in [0.1, 0.15) is 60.5 Å². The number of aliphatic hydroxyl groups is 1. The maximum Gasteiger partial charge on any atom is 0.295 e. The van der Waals surface area contributed by atoms with Gasteiger partial charge in [-0.25, -0.2) is 0 Å². The van der Waals surface area contributed by atoms with Gasteiger partial charge in [-0.05, 0) is 65.4 Å². The number of carbonyl (C=O) groups is 2. The highest BCUT2D eigenvalue weighted by Gasteiger charge is 2.46. The summed E-state index contributed by atoms with van der Waals surface area (Å²) >= 11 is 0. The van der Waals surface area contributed by atoms with E-state index in [9.17, 15) is 14.7 Å². The van der Waals surface area contributed by atoms with E-state index in [1.54, 1.807) is 18.5 Å². The number of nitrogens with zero attached hydrogens (tertiary/aromatic N) is 2. The SMILES string of the molecule is CC1Cc2cc(/C(O)=C3\C(=O)C(=O)N(Cc4ccncc4)C3c3ccc(C(C)C)cc3)ccc2O1. The number of benzene rings is 2. The molecule has 3 heterocycles. The molecule has 1 aromatic heterocycles. The average Bonchev–Trinajstić information content (AvgIpc) is 3.35. The molecule has 2 aliphatic rings. The summed E-state index contributed by atoms with van der Waals surface area (Å²) in [7, 11) is 0. The summed E-state index contributed by atoms with van der Waals surface area (Å²) in [6.07, 6.45) is 4.11. The van der Waals surface area contributed by atoms with Gasteiger partial charge in [0, 0.05) is 30.9 Å². The zero-order chi connectivity index (χ0) is 24.7. The van der Waals surface area contributed by atoms with Crippen molar-refractivity contribution in [3.63, 3.8) is 0 Å². The first-order valence-corrected chi connectivity index (χ1v) is 11.9. The van der Waals surface area contributed by atoms with Gasteiger partial charge in [0.1, 0.15) is 17.6 Å². The van der Waals surface area contributed by atoms with Gasteiger partial charge in [0.25, 0.3) is 11.7 Å². The lowest BCUT2D eigenvalue weighted by atomic mass is 9.92. The number of ketones is 1. The minimum atomic E-state index is -0.701. The Labute approximate surface area is 204 Å². The van der Waals surface area contributed by atoms with Crippen LogP contribution in [0.3, 0.4) is 0 Å². The molecule has 1 N–H and O–H groups in total. The van der Waals surface area contributed by atoms with Crippen molar-refractivity contribution in [3.05, 3.63) is 100 Å². The maximum absolute atomic E-state index is 13.3. The van der Waals surface area contributed by atoms with Crippen molar-refractivity contribution in [2.24, 2.45) is 0 Å². The molecule has 0 spiro atoms. The van der Waals surface area contributed by atoms with Crippen molar-refractivity contribution in [2.45, 2.75) is 51.8 Å². The number of aromatic nitrogens is 1. The highest BCUT2D eigenvalue weighted by Crippen LogP contribution is 2.41. The van der Waals surface area contributed by atoms with Crippen LogP contribution in [-0.4, -0.2) is 32.8 Å². The molecule has 1 saturated heterocycles. The molecule has 6 heteroatoms. The van der Waals surface area contributed by atoms with Crippen LogP contribution in [0.15, 0.2) is 72.6 Å². The number of aliphatic hydroxyl groups excluding tert-OH is 1. The van der Waals surface area contributed by atoms with Gasteiger partial charge in [-0.15, -0.1) is 0 Å². The Bertz CT molecular complexity index is 1310. The average molecular weight is 469 g/mol. The third-order valence-corrected chi connectivity index (χ3v) is 6.73. The highest BCUT2D eigenvalue weighted by atomic mass is 16.5. The van der Waals surface area contributed by atoms with Crippen LogP contribution in [0.4, 0.5) is 0 Å². The second kappa shape index (κ2) is 9.02. The van der Waals surface area contributed by atoms with E-state index in [0.29, 0.717) is 11.5 Å². The Kier molecular flexibility index (Phi) is 5.89. The first kappa shape index (κ1) is 22.8. The topological polar surface area (TPSA) is 79.7 Å². The van der Waals surface area contributed by atoms with Crippen molar-refractivity contribution < 1.29 is 19.4 Å². The number of ether oxygens (including phenoxy) is 1. The van der Waals surface area contributed by atoms with Crippen molar-refractivity contribution in [2.75, 3.05) is 0 Å². The summed E-state index contributed by atoms with van der Waals surface area (Å²) in [6.45, 7) is 6.45. The second-order valence-corrected chi connectivity index (χ2v) is 9.56. The van der Waals surface area contributed by atoms with E-state index in [2.05, 4.69) is 18.8 Å². The summed E-state index contributed by atoms with van der Waals surface area (Å²) in [5.41, 5.74) is 4.38. The van der Waals surface area contributed by atoms with E-state index < -0.39 is 17.7 Å². The van der Waals surface area contributed by atoms with Crippen LogP contribution in [0.5, 0.6) is 5.75 Å². The predicted molar refractivity (Wildman–Crippen MR) is 133 cm³/mol. The molecule has 35 heavy (non-hydrogen) atoms. The zero-order valence-electron chi connectivity index (χ0n) is 20.1. The third kappa shape index (κ3) is 4.20. The van der Waals surface area contributed by atoms with Gasteiger partial charge in [0.2, 0.25) is 0 Å². The lowest BCUT2D eigenvalue weighted by Crippen LogP contribution is -2.29. The minimum absolute atomic E-state index is 0.0628. The maximum atomic E-state index is 13.3. The Hall–Kier alpha value is -3.93. The van der Waals surface area contributed by atoms with Gasteiger partial charge in [-0.3, -0.25) is 14.6 Å². The lowest BCUT2D eigenvalue weighted by Gasteiger charge is -2.26. The molecule has 1 fully saturated rings. The summed E-state index contributed by atoms with van der Waals surface area (Å²) in [6, 6.07) is 16.3. The van der Waals surface area contributed by atoms with E-state index in [0.717, 1.165) is 34.4 Å². The predicted octanol–water partition coefficient (Wildman–Crippen LogP) is 5.15. The van der Waals surface area contributed by atoms with Crippen LogP contribution in [0.2, 0.25) is 0 Å². The molecule has 2 aromatic carbocycles. The highest BCUT2D eigenvalue weighted by molar-refractivity contribution is 6.46. The normalized spacial score (nSPS) is 20.9. The number of rotatable bonds is 5. The quantitative estimate of drug-likeness (QED) is 0.318. The Morgan fingerprint density at radius 1 is 1.09 bits per heavy atom. The van der Waals surface area contributed by atoms with Crippen molar-refractivity contribution >= 4 is 17.4 Å². The van der Waals surface area contributed by atoms with E-state index in [1.807, 2.05) is 55.5 Å². The van der Waals surface area contributed by atoms with Crippen LogP contribution >= 0.6 is 0 Å². The Balaban J connectivity index is 1.62. The Morgan fingerprint density at radius 3 is 2.49 bits per heavy atom. The van der Waals surface area contributed by atoms with Crippen LogP contribution in [0, 0.1) is 0 Å². The molecule has 1 amide bonds. The van der Waals surface area contributed by atoms with Gasteiger partial charge in [0.15, 0.2) is 0 Å². The summed E-state index contributed by atoms with van der Waals surface area (Å²) < 4.78 is 5.78. The summed E-state index contributed by atoms with van der Waals surface area (Å²) in [4.78, 5) is 32.1. The number of pyridine rings is 1. The molecular weight excluding hydrogens is 440 g/mol. The molecule has 0 saturated carbocycles. The smallest absolute Gasteiger partial charge is 0.295 e. The lowest BCUT2D eigenvalue weighted by molar-refractivity contribution is -0.140. The second-order valence-electron chi connectivity index (χ2n) is 9.56. The van der Waals surface area contributed by atoms with E-state index >= 15 is 0 Å². The molecule has 2 unspecified atom stereocenters. The standard InChI is InChI=1S/C29H28N2O4/c1-17(2)20-4-6-21(7-5-20)26-25(27(32)22-8-9-24-23(15-22)14-18(3)35-24)28(33)29(34)31(26)16-19-10-12-30-13-11-19/h4-13,15,17-18,26,32H,14,16H2,1-3H3/b27-25+. The van der Waals surface area contributed by atoms with Crippen molar-refractivity contribution in [1.29, 1.82) is 0 Å². The van der Waals surface area contributed by atoms with Gasteiger partial charge < -0.3 is 14.7 Å². The van der Waals surface area contributed by atoms with Crippen molar-refractivity contribution in [1.82, 2.24) is 9.88 Å². The van der Waals surface area contributed by atoms with Gasteiger partial charge >= 0.3 is 0 Å². The number of hydrogen-bond donors (Lipinski definition) is 1. The zero-order valence-corrected chi connectivity index (χ0v) is 20.1. The molecule has 0 radical (unpaired) electrons. The largest absolute Gasteiger partial charge is 0.507 e. The van der Waals surface area contributed by atoms with E-state index in [-0.39, 0.29) is 24.0 Å². The third-order valence-electron chi connectivity index (χ3n) is 6.73. The number of likely N-dealkylation sites (tertiary alicyclic amines) is 1. The van der Waals surface area contributed by atoms with Crippen LogP contribution in [-0.2, 0) is 22.6 Å². The van der Waals surface area contributed by atoms with E-state index in [4.69, 9.17) is 4.74 Å². The molecule has 5 rings (SSSR count).